The van der Waals surface area contributed by atoms with Crippen LogP contribution in [0.4, 0.5) is 0 Å². The van der Waals surface area contributed by atoms with Gasteiger partial charge in [0, 0.05) is 25.8 Å². The second kappa shape index (κ2) is 15.1. The molecule has 6 rings (SSSR count). The summed E-state index contributed by atoms with van der Waals surface area (Å²) < 4.78 is 7.45. The van der Waals surface area contributed by atoms with Crippen molar-refractivity contribution in [1.82, 2.24) is 41.2 Å². The number of nitrogens with one attached hydrogen (secondary N) is 4. The molecule has 3 aliphatic heterocycles. The number of rotatable bonds is 7. The van der Waals surface area contributed by atoms with Crippen LogP contribution < -0.4 is 26.0 Å². The van der Waals surface area contributed by atoms with Gasteiger partial charge in [-0.05, 0) is 44.2 Å². The quantitative estimate of drug-likeness (QED) is 0.229. The van der Waals surface area contributed by atoms with Crippen LogP contribution in [-0.4, -0.2) is 98.4 Å². The van der Waals surface area contributed by atoms with Crippen molar-refractivity contribution >= 4 is 29.6 Å². The molecule has 5 N–H and O–H groups in total. The second-order valence-corrected chi connectivity index (χ2v) is 12.1. The summed E-state index contributed by atoms with van der Waals surface area (Å²) in [6, 6.07) is 10.4. The number of carboxylic acid groups (broad SMARTS) is 1. The van der Waals surface area contributed by atoms with Crippen LogP contribution in [0, 0.1) is 0 Å². The van der Waals surface area contributed by atoms with Gasteiger partial charge >= 0.3 is 5.97 Å². The largest absolute Gasteiger partial charge is 0.487 e. The van der Waals surface area contributed by atoms with E-state index in [9.17, 15) is 29.1 Å². The van der Waals surface area contributed by atoms with Gasteiger partial charge in [-0.15, -0.1) is 5.10 Å². The zero-order valence-electron chi connectivity index (χ0n) is 27.0. The highest BCUT2D eigenvalue weighted by atomic mass is 16.5. The number of carboxylic acids is 1. The second-order valence-electron chi connectivity index (χ2n) is 12.1. The Hall–Kier alpha value is -5.31. The third-order valence-corrected chi connectivity index (χ3v) is 8.63. The summed E-state index contributed by atoms with van der Waals surface area (Å²) in [6.07, 6.45) is 1.90. The molecule has 3 aliphatic rings. The predicted octanol–water partition coefficient (Wildman–Crippen LogP) is -0.0353. The fourth-order valence-corrected chi connectivity index (χ4v) is 5.75. The maximum Gasteiger partial charge on any atom is 0.326 e. The molecule has 0 saturated carbocycles. The van der Waals surface area contributed by atoms with Gasteiger partial charge in [-0.1, -0.05) is 47.7 Å². The molecule has 3 aromatic rings. The van der Waals surface area contributed by atoms with Crippen LogP contribution in [-0.2, 0) is 43.4 Å². The van der Waals surface area contributed by atoms with Crippen molar-refractivity contribution in [1.29, 1.82) is 0 Å². The fourth-order valence-electron chi connectivity index (χ4n) is 5.75. The number of likely N-dealkylation sites (tertiary alicyclic amines) is 1. The first-order valence-corrected chi connectivity index (χ1v) is 15.8. The molecular formula is C33H40N8O7. The number of aromatic nitrogens is 3. The van der Waals surface area contributed by atoms with Crippen LogP contribution in [0.3, 0.4) is 0 Å². The van der Waals surface area contributed by atoms with Crippen LogP contribution in [0.2, 0.25) is 0 Å². The molecule has 6 bridgehead atoms. The van der Waals surface area contributed by atoms with Gasteiger partial charge in [0.2, 0.25) is 23.6 Å². The Morgan fingerprint density at radius 1 is 1.02 bits per heavy atom. The number of hydrogen-bond donors (Lipinski definition) is 5. The summed E-state index contributed by atoms with van der Waals surface area (Å²) in [5, 5.41) is 29.4. The average molecular weight is 661 g/mol. The smallest absolute Gasteiger partial charge is 0.326 e. The first-order chi connectivity index (χ1) is 23.0. The van der Waals surface area contributed by atoms with E-state index < -0.39 is 59.9 Å². The highest BCUT2D eigenvalue weighted by Gasteiger charge is 2.43. The van der Waals surface area contributed by atoms with E-state index in [1.165, 1.54) is 4.90 Å². The minimum absolute atomic E-state index is 0.00988. The normalized spacial score (nSPS) is 22.6. The molecule has 15 heteroatoms. The fraction of sp³-hybridized carbons (Fsp3) is 0.424. The minimum atomic E-state index is -1.28. The summed E-state index contributed by atoms with van der Waals surface area (Å²) >= 11 is 0. The predicted molar refractivity (Wildman–Crippen MR) is 171 cm³/mol. The van der Waals surface area contributed by atoms with E-state index in [1.807, 2.05) is 6.07 Å². The maximum atomic E-state index is 14.1. The maximum absolute atomic E-state index is 14.1. The number of likely N-dealkylation sites (N-methyl/N-ethyl adjacent to an activating group) is 1. The summed E-state index contributed by atoms with van der Waals surface area (Å²) in [5.74, 6) is -2.87. The lowest BCUT2D eigenvalue weighted by Gasteiger charge is -2.29. The number of benzene rings is 2. The number of hydrogen-bond acceptors (Lipinski definition) is 9. The van der Waals surface area contributed by atoms with E-state index in [-0.39, 0.29) is 38.3 Å². The third kappa shape index (κ3) is 8.15. The molecule has 0 spiro atoms. The average Bonchev–Trinajstić information content (AvgIpc) is 3.74. The molecule has 1 saturated heterocycles. The van der Waals surface area contributed by atoms with Crippen molar-refractivity contribution in [2.45, 2.75) is 76.0 Å². The molecule has 48 heavy (non-hydrogen) atoms. The Morgan fingerprint density at radius 2 is 1.75 bits per heavy atom. The first kappa shape index (κ1) is 34.0. The van der Waals surface area contributed by atoms with E-state index in [4.69, 9.17) is 4.74 Å². The third-order valence-electron chi connectivity index (χ3n) is 8.63. The van der Waals surface area contributed by atoms with Gasteiger partial charge in [-0.2, -0.15) is 0 Å². The molecule has 1 fully saturated rings. The molecule has 0 radical (unpaired) electrons. The topological polar surface area (TPSA) is 197 Å². The molecule has 0 unspecified atom stereocenters. The first-order valence-electron chi connectivity index (χ1n) is 15.8. The number of carbonyl (C=O) groups excluding carboxylic acids is 4. The van der Waals surface area contributed by atoms with Crippen LogP contribution in [0.15, 0.2) is 60.8 Å². The minimum Gasteiger partial charge on any atom is -0.487 e. The number of ether oxygens (including phenoxy) is 1. The van der Waals surface area contributed by atoms with Crippen molar-refractivity contribution in [3.05, 3.63) is 77.6 Å². The van der Waals surface area contributed by atoms with Crippen molar-refractivity contribution in [2.75, 3.05) is 13.6 Å². The molecule has 6 atom stereocenters. The van der Waals surface area contributed by atoms with Gasteiger partial charge in [0.15, 0.2) is 0 Å². The summed E-state index contributed by atoms with van der Waals surface area (Å²) in [6.45, 7) is 3.38. The molecule has 15 nitrogen and oxygen atoms in total. The molecule has 0 aliphatic carbocycles. The zero-order valence-corrected chi connectivity index (χ0v) is 27.0. The van der Waals surface area contributed by atoms with Gasteiger partial charge in [0.1, 0.15) is 42.2 Å². The molecule has 2 aromatic carbocycles. The van der Waals surface area contributed by atoms with Crippen molar-refractivity contribution in [3.8, 4) is 5.75 Å². The Kier molecular flexibility index (Phi) is 10.7. The molecule has 254 valence electrons. The van der Waals surface area contributed by atoms with Crippen molar-refractivity contribution < 1.29 is 33.8 Å². The number of amides is 4. The molecular weight excluding hydrogens is 620 g/mol. The van der Waals surface area contributed by atoms with Gasteiger partial charge in [-0.25, -0.2) is 9.48 Å². The Bertz CT molecular complexity index is 1630. The van der Waals surface area contributed by atoms with E-state index in [0.717, 1.165) is 5.56 Å². The molecule has 4 heterocycles. The Balaban J connectivity index is 1.48. The van der Waals surface area contributed by atoms with Crippen LogP contribution in [0.5, 0.6) is 5.75 Å². The summed E-state index contributed by atoms with van der Waals surface area (Å²) in [4.78, 5) is 67.8. The lowest BCUT2D eigenvalue weighted by molar-refractivity contribution is -0.143. The van der Waals surface area contributed by atoms with Crippen LogP contribution in [0.25, 0.3) is 0 Å². The number of aliphatic carboxylic acids is 1. The Morgan fingerprint density at radius 3 is 2.44 bits per heavy atom. The summed E-state index contributed by atoms with van der Waals surface area (Å²) in [5.41, 5.74) is 1.91. The number of fused-ring (bicyclic) bond motifs is 9. The van der Waals surface area contributed by atoms with Gasteiger partial charge in [-0.3, -0.25) is 19.2 Å². The lowest BCUT2D eigenvalue weighted by Crippen LogP contribution is -2.58. The SMILES string of the molecule is CN[C@@H](C)C(=O)N[C@@H](C)C(=O)N1C[C@@H]2C[C@H]1C(=O)N[C@@H](Cc1ccccc1)C(=O)N[C@H](C(=O)O)Cc1ccc(cc1)OCc1cn2nn1. The van der Waals surface area contributed by atoms with E-state index in [0.29, 0.717) is 17.0 Å². The van der Waals surface area contributed by atoms with Gasteiger partial charge in [0.05, 0.1) is 18.3 Å². The lowest BCUT2D eigenvalue weighted by atomic mass is 10.0. The van der Waals surface area contributed by atoms with E-state index in [1.54, 1.807) is 80.3 Å². The molecule has 1 aromatic heterocycles. The van der Waals surface area contributed by atoms with E-state index >= 15 is 0 Å². The number of carbonyl (C=O) groups is 5. The monoisotopic (exact) mass is 660 g/mol. The highest BCUT2D eigenvalue weighted by Crippen LogP contribution is 2.28. The zero-order chi connectivity index (χ0) is 34.4. The Labute approximate surface area is 277 Å². The molecule has 4 amide bonds. The van der Waals surface area contributed by atoms with Crippen LogP contribution >= 0.6 is 0 Å². The van der Waals surface area contributed by atoms with Gasteiger partial charge < -0.3 is 36.0 Å². The highest BCUT2D eigenvalue weighted by molar-refractivity contribution is 5.96. The van der Waals surface area contributed by atoms with E-state index in [2.05, 4.69) is 31.6 Å². The van der Waals surface area contributed by atoms with Crippen molar-refractivity contribution in [3.63, 3.8) is 0 Å². The number of nitrogens with zero attached hydrogens (tertiary/aromatic N) is 4. The van der Waals surface area contributed by atoms with Crippen molar-refractivity contribution in [2.24, 2.45) is 0 Å². The van der Waals surface area contributed by atoms with Crippen LogP contribution in [0.1, 0.15) is 43.1 Å². The summed E-state index contributed by atoms with van der Waals surface area (Å²) in [7, 11) is 1.63. The standard InChI is InChI=1S/C33H40N8O7/c1-19(34-3)29(42)35-20(2)32(45)40-17-24-15-28(40)31(44)36-26(13-21-7-5-4-6-8-21)30(43)37-27(33(46)47)14-22-9-11-25(12-10-22)48-18-23-16-41(24)39-38-23/h4-12,16,19-20,24,26-28,34H,13-15,17-18H2,1-3H3,(H,35,42)(H,36,44)(H,37,43)(H,46,47)/t19-,20-,24-,26-,27-,28-/m0/s1. The van der Waals surface area contributed by atoms with Gasteiger partial charge in [0.25, 0.3) is 0 Å².